The monoisotopic (exact) mass is 886 g/mol. The molecule has 0 saturated carbocycles. The molecule has 4 N–H and O–H groups in total. The van der Waals surface area contributed by atoms with E-state index in [-0.39, 0.29) is 47.8 Å². The predicted octanol–water partition coefficient (Wildman–Crippen LogP) is 8.84. The number of hydrogen-bond acceptors (Lipinski definition) is 10. The number of amides is 3. The number of aliphatic carboxylic acids is 1. The number of benzene rings is 1. The molecule has 1 aromatic carbocycles. The number of aliphatic hydroxyl groups is 1. The minimum atomic E-state index is -3.71. The number of hydrogen-bond donors (Lipinski definition) is 4. The molecule has 3 amide bonds. The molecule has 14 nitrogen and oxygen atoms in total. The molecule has 0 heterocycles. The van der Waals surface area contributed by atoms with Crippen LogP contribution < -0.4 is 15.4 Å². The molecule has 346 valence electrons. The van der Waals surface area contributed by atoms with Crippen LogP contribution in [0.25, 0.3) is 0 Å². The Morgan fingerprint density at radius 1 is 0.800 bits per heavy atom. The highest BCUT2D eigenvalue weighted by Crippen LogP contribution is 2.48. The summed E-state index contributed by atoms with van der Waals surface area (Å²) in [5, 5.41) is 26.5. The lowest BCUT2D eigenvalue weighted by atomic mass is 10.0. The van der Waals surface area contributed by atoms with Gasteiger partial charge >= 0.3 is 13.6 Å². The summed E-state index contributed by atoms with van der Waals surface area (Å²) in [5.74, 6) is -2.81. The largest absolute Gasteiger partial charge is 0.491 e. The summed E-state index contributed by atoms with van der Waals surface area (Å²) < 4.78 is 36.0. The van der Waals surface area contributed by atoms with Crippen LogP contribution in [0.4, 0.5) is 0 Å². The molecule has 0 bridgehead atoms. The number of rotatable bonds is 33. The fourth-order valence-corrected chi connectivity index (χ4v) is 14.9. The maximum atomic E-state index is 13.9. The van der Waals surface area contributed by atoms with Gasteiger partial charge in [0.05, 0.1) is 43.8 Å². The number of aryl methyl sites for hydroxylation is 1. The van der Waals surface area contributed by atoms with Crippen LogP contribution in [-0.2, 0) is 38.8 Å². The molecule has 3 atom stereocenters. The topological polar surface area (TPSA) is 190 Å². The number of carbonyl (C=O) groups excluding carboxylic acids is 3. The first-order valence-electron chi connectivity index (χ1n) is 22.3. The summed E-state index contributed by atoms with van der Waals surface area (Å²) in [7, 11) is -4.82. The van der Waals surface area contributed by atoms with E-state index in [2.05, 4.69) is 59.1 Å². The summed E-state index contributed by atoms with van der Waals surface area (Å²) in [4.78, 5) is 52.8. The van der Waals surface area contributed by atoms with Crippen molar-refractivity contribution in [3.05, 3.63) is 29.3 Å². The summed E-state index contributed by atoms with van der Waals surface area (Å²) in [6.45, 7) is 19.3. The van der Waals surface area contributed by atoms with Gasteiger partial charge in [0.25, 0.3) is 5.91 Å². The Kier molecular flexibility index (Phi) is 26.4. The van der Waals surface area contributed by atoms with Gasteiger partial charge in [0.15, 0.2) is 6.29 Å². The van der Waals surface area contributed by atoms with Crippen LogP contribution in [0.2, 0.25) is 16.6 Å². The molecular weight excluding hydrogens is 806 g/mol. The highest BCUT2D eigenvalue weighted by Gasteiger charge is 2.47. The van der Waals surface area contributed by atoms with E-state index in [1.165, 1.54) is 52.0 Å². The number of carbonyl (C=O) groups is 4. The van der Waals surface area contributed by atoms with Crippen LogP contribution in [0.1, 0.15) is 156 Å². The van der Waals surface area contributed by atoms with Gasteiger partial charge in [-0.25, -0.2) is 0 Å². The van der Waals surface area contributed by atoms with Crippen molar-refractivity contribution in [1.82, 2.24) is 15.5 Å². The summed E-state index contributed by atoms with van der Waals surface area (Å²) in [6.07, 6.45) is 10.4. The first kappa shape index (κ1) is 55.2. The molecule has 16 heteroatoms. The third-order valence-electron chi connectivity index (χ3n) is 10.9. The van der Waals surface area contributed by atoms with Crippen LogP contribution in [0, 0.1) is 0 Å². The normalized spacial score (nSPS) is 13.7. The lowest BCUT2D eigenvalue weighted by molar-refractivity contribution is -0.138. The summed E-state index contributed by atoms with van der Waals surface area (Å²) >= 11 is 0. The van der Waals surface area contributed by atoms with Gasteiger partial charge in [-0.05, 0) is 67.9 Å². The number of carboxylic acids is 1. The van der Waals surface area contributed by atoms with Crippen LogP contribution >= 0.6 is 7.60 Å². The van der Waals surface area contributed by atoms with Crippen molar-refractivity contribution in [1.29, 1.82) is 0 Å². The van der Waals surface area contributed by atoms with E-state index in [1.54, 1.807) is 32.9 Å². The van der Waals surface area contributed by atoms with Crippen LogP contribution in [0.15, 0.2) is 18.2 Å². The van der Waals surface area contributed by atoms with Crippen molar-refractivity contribution in [2.75, 3.05) is 39.6 Å². The third-order valence-corrected chi connectivity index (χ3v) is 19.0. The molecule has 1 aromatic rings. The van der Waals surface area contributed by atoms with E-state index >= 15 is 0 Å². The van der Waals surface area contributed by atoms with Crippen molar-refractivity contribution in [2.24, 2.45) is 0 Å². The van der Waals surface area contributed by atoms with Gasteiger partial charge in [-0.3, -0.25) is 23.7 Å². The Morgan fingerprint density at radius 3 is 1.83 bits per heavy atom. The second kappa shape index (κ2) is 28.7. The fourth-order valence-electron chi connectivity index (χ4n) is 7.86. The van der Waals surface area contributed by atoms with Crippen molar-refractivity contribution < 1.29 is 52.2 Å². The molecule has 0 fully saturated rings. The molecule has 1 rings (SSSR count). The van der Waals surface area contributed by atoms with Gasteiger partial charge in [-0.2, -0.15) is 0 Å². The maximum absolute atomic E-state index is 13.9. The van der Waals surface area contributed by atoms with Gasteiger partial charge in [-0.1, -0.05) is 112 Å². The van der Waals surface area contributed by atoms with Crippen molar-refractivity contribution in [2.45, 2.75) is 181 Å². The second-order valence-electron chi connectivity index (χ2n) is 16.9. The zero-order valence-corrected chi connectivity index (χ0v) is 40.6. The molecule has 0 radical (unpaired) electrons. The number of nitrogens with zero attached hydrogens (tertiary/aromatic N) is 1. The van der Waals surface area contributed by atoms with Gasteiger partial charge < -0.3 is 44.0 Å². The first-order chi connectivity index (χ1) is 28.3. The highest BCUT2D eigenvalue weighted by molar-refractivity contribution is 7.54. The Bertz CT molecular complexity index is 1460. The van der Waals surface area contributed by atoms with Crippen LogP contribution in [0.3, 0.4) is 0 Å². The molecule has 0 aliphatic heterocycles. The van der Waals surface area contributed by atoms with E-state index in [1.807, 2.05) is 6.07 Å². The Balaban J connectivity index is 3.23. The number of ether oxygens (including phenoxy) is 1. The van der Waals surface area contributed by atoms with E-state index in [0.29, 0.717) is 0 Å². The summed E-state index contributed by atoms with van der Waals surface area (Å²) in [5.41, 5.74) is 1.78. The van der Waals surface area contributed by atoms with Gasteiger partial charge in [0.1, 0.15) is 18.5 Å². The Morgan fingerprint density at radius 2 is 1.33 bits per heavy atom. The molecule has 0 aromatic heterocycles. The minimum Gasteiger partial charge on any atom is -0.491 e. The smallest absolute Gasteiger partial charge is 0.340 e. The second-order valence-corrected chi connectivity index (χ2v) is 24.3. The van der Waals surface area contributed by atoms with E-state index in [0.717, 1.165) is 36.1 Å². The van der Waals surface area contributed by atoms with Crippen LogP contribution in [-0.4, -0.2) is 105 Å². The molecule has 0 aliphatic carbocycles. The number of likely N-dealkylation sites (N-methyl/N-ethyl adjacent to an activating group) is 1. The molecular formula is C44H80N3O11PSi. The van der Waals surface area contributed by atoms with Crippen LogP contribution in [0.5, 0.6) is 5.75 Å². The predicted molar refractivity (Wildman–Crippen MR) is 240 cm³/mol. The molecule has 60 heavy (non-hydrogen) atoms. The molecule has 0 aliphatic rings. The average Bonchev–Trinajstić information content (AvgIpc) is 3.15. The highest BCUT2D eigenvalue weighted by atomic mass is 31.2. The average molecular weight is 886 g/mol. The van der Waals surface area contributed by atoms with E-state index in [9.17, 15) is 34.0 Å². The minimum absolute atomic E-state index is 0.0730. The van der Waals surface area contributed by atoms with Crippen molar-refractivity contribution in [3.63, 3.8) is 0 Å². The maximum Gasteiger partial charge on any atom is 0.340 e. The fraction of sp³-hybridized carbons (Fsp3) is 0.773. The molecule has 1 unspecified atom stereocenters. The lowest BCUT2D eigenvalue weighted by Crippen LogP contribution is -2.54. The number of carboxylic acid groups (broad SMARTS) is 1. The Hall–Kier alpha value is -2.81. The molecule has 0 spiro atoms. The number of unbranched alkanes of at least 4 members (excludes halogenated alkanes) is 9. The SMILES string of the molecule is CCCCCCCCCCCCc1ccc(C(=O)NC(C)[C@H](O)O[Si](C(C)C)(C(C)C)C(C)C)c(OC[C@H](CC(=O)O)NC(=O)CN(C)C(=O)CP(=O)(OCC)OCC)c1. The third kappa shape index (κ3) is 19.5. The Labute approximate surface area is 362 Å². The van der Waals surface area contributed by atoms with E-state index in [4.69, 9.17) is 18.2 Å². The number of aliphatic hydroxyl groups excluding tert-OH is 1. The number of nitrogens with one attached hydrogen (secondary N) is 2. The summed E-state index contributed by atoms with van der Waals surface area (Å²) in [6, 6.07) is 3.51. The van der Waals surface area contributed by atoms with Crippen molar-refractivity contribution in [3.8, 4) is 5.75 Å². The van der Waals surface area contributed by atoms with Gasteiger partial charge in [0, 0.05) is 7.05 Å². The standard InChI is InChI=1S/C44H80N3O11PSi/c1-12-15-16-17-18-19-20-21-22-23-24-36-25-26-38(43(52)45-35(10)44(53)58-60(32(4)5,33(6)7)34(8)9)39(27-36)55-30-37(28-42(50)51)46-40(48)29-47(11)41(49)31-59(54,56-13-2)57-14-3/h25-27,32-35,37,44,53H,12-24,28-31H2,1-11H3,(H,45,52)(H,46,48)(H,50,51)/t35?,37-,44+/m0/s1. The molecule has 0 saturated heterocycles. The zero-order chi connectivity index (χ0) is 45.5. The quantitative estimate of drug-likeness (QED) is 0.0228. The van der Waals surface area contributed by atoms with E-state index < -0.39 is 77.1 Å². The lowest BCUT2D eigenvalue weighted by Gasteiger charge is -2.44. The van der Waals surface area contributed by atoms with Crippen molar-refractivity contribution >= 4 is 39.6 Å². The zero-order valence-electron chi connectivity index (χ0n) is 38.7. The van der Waals surface area contributed by atoms with Gasteiger partial charge in [-0.15, -0.1) is 0 Å². The first-order valence-corrected chi connectivity index (χ1v) is 26.2. The van der Waals surface area contributed by atoms with Gasteiger partial charge in [0.2, 0.25) is 20.1 Å².